The molecule has 1 atom stereocenters. The normalized spacial score (nSPS) is 13.7. The Labute approximate surface area is 94.6 Å². The van der Waals surface area contributed by atoms with Gasteiger partial charge in [0, 0.05) is 13.0 Å². The number of amidine groups is 1. The summed E-state index contributed by atoms with van der Waals surface area (Å²) in [5, 5.41) is 23.6. The van der Waals surface area contributed by atoms with E-state index in [1.807, 2.05) is 30.3 Å². The van der Waals surface area contributed by atoms with Gasteiger partial charge in [0.05, 0.1) is 12.6 Å². The van der Waals surface area contributed by atoms with Crippen molar-refractivity contribution in [1.29, 1.82) is 0 Å². The highest BCUT2D eigenvalue weighted by Gasteiger charge is 2.08. The predicted octanol–water partition coefficient (Wildman–Crippen LogP) is 0.446. The van der Waals surface area contributed by atoms with Crippen LogP contribution >= 0.6 is 0 Å². The Morgan fingerprint density at radius 2 is 2.06 bits per heavy atom. The summed E-state index contributed by atoms with van der Waals surface area (Å²) in [5.74, 6) is 0.178. The molecular weight excluding hydrogens is 206 g/mol. The summed E-state index contributed by atoms with van der Waals surface area (Å²) >= 11 is 0. The molecule has 1 rings (SSSR count). The number of rotatable bonds is 6. The van der Waals surface area contributed by atoms with Crippen LogP contribution in [0, 0.1) is 0 Å². The lowest BCUT2D eigenvalue weighted by molar-refractivity contribution is 0.245. The van der Waals surface area contributed by atoms with Gasteiger partial charge in [-0.15, -0.1) is 0 Å². The average Bonchev–Trinajstić information content (AvgIpc) is 2.35. The van der Waals surface area contributed by atoms with Crippen LogP contribution in [-0.2, 0) is 0 Å². The molecule has 1 aromatic carbocycles. The third kappa shape index (κ3) is 3.88. The lowest BCUT2D eigenvalue weighted by atomic mass is 10.1. The van der Waals surface area contributed by atoms with Crippen LogP contribution < -0.4 is 11.1 Å². The monoisotopic (exact) mass is 223 g/mol. The summed E-state index contributed by atoms with van der Waals surface area (Å²) in [7, 11) is 0. The fourth-order valence-electron chi connectivity index (χ4n) is 1.40. The van der Waals surface area contributed by atoms with Gasteiger partial charge < -0.3 is 21.4 Å². The smallest absolute Gasteiger partial charge is 0.140 e. The van der Waals surface area contributed by atoms with Crippen molar-refractivity contribution in [2.45, 2.75) is 12.5 Å². The van der Waals surface area contributed by atoms with Gasteiger partial charge in [0.1, 0.15) is 5.84 Å². The van der Waals surface area contributed by atoms with Crippen LogP contribution in [0.4, 0.5) is 0 Å². The number of hydrogen-bond donors (Lipinski definition) is 4. The molecule has 0 amide bonds. The Balaban J connectivity index is 2.44. The van der Waals surface area contributed by atoms with Gasteiger partial charge in [-0.25, -0.2) is 0 Å². The van der Waals surface area contributed by atoms with Crippen LogP contribution in [0.2, 0.25) is 0 Å². The van der Waals surface area contributed by atoms with Crippen LogP contribution in [0.25, 0.3) is 0 Å². The zero-order chi connectivity index (χ0) is 11.8. The highest BCUT2D eigenvalue weighted by Crippen LogP contribution is 2.10. The number of nitrogens with one attached hydrogen (secondary N) is 1. The van der Waals surface area contributed by atoms with Crippen LogP contribution in [0.15, 0.2) is 35.5 Å². The van der Waals surface area contributed by atoms with E-state index in [1.165, 1.54) is 0 Å². The molecule has 0 aliphatic heterocycles. The minimum Gasteiger partial charge on any atom is -0.409 e. The van der Waals surface area contributed by atoms with Gasteiger partial charge in [-0.1, -0.05) is 35.5 Å². The first-order valence-corrected chi connectivity index (χ1v) is 5.13. The molecule has 5 heteroatoms. The van der Waals surface area contributed by atoms with Crippen LogP contribution in [0.3, 0.4) is 0 Å². The van der Waals surface area contributed by atoms with Gasteiger partial charge in [-0.3, -0.25) is 0 Å². The second kappa shape index (κ2) is 6.81. The molecule has 0 saturated carbocycles. The molecule has 0 radical (unpaired) electrons. The molecule has 5 N–H and O–H groups in total. The van der Waals surface area contributed by atoms with E-state index >= 15 is 0 Å². The fourth-order valence-corrected chi connectivity index (χ4v) is 1.40. The molecule has 88 valence electrons. The Morgan fingerprint density at radius 3 is 2.62 bits per heavy atom. The van der Waals surface area contributed by atoms with Crippen molar-refractivity contribution in [1.82, 2.24) is 5.32 Å². The van der Waals surface area contributed by atoms with Crippen molar-refractivity contribution < 1.29 is 10.3 Å². The van der Waals surface area contributed by atoms with Crippen LogP contribution in [0.1, 0.15) is 18.0 Å². The number of nitrogens with zero attached hydrogens (tertiary/aromatic N) is 1. The number of nitrogens with two attached hydrogens (primary N) is 1. The predicted molar refractivity (Wildman–Crippen MR) is 62.3 cm³/mol. The summed E-state index contributed by atoms with van der Waals surface area (Å²) in [5.41, 5.74) is 6.35. The summed E-state index contributed by atoms with van der Waals surface area (Å²) in [4.78, 5) is 0. The van der Waals surface area contributed by atoms with Gasteiger partial charge in [-0.2, -0.15) is 0 Å². The number of hydrogen-bond acceptors (Lipinski definition) is 4. The van der Waals surface area contributed by atoms with E-state index in [1.54, 1.807) is 0 Å². The highest BCUT2D eigenvalue weighted by atomic mass is 16.4. The maximum atomic E-state index is 9.23. The first kappa shape index (κ1) is 12.5. The number of benzene rings is 1. The topological polar surface area (TPSA) is 90.9 Å². The van der Waals surface area contributed by atoms with E-state index in [2.05, 4.69) is 10.5 Å². The van der Waals surface area contributed by atoms with Crippen molar-refractivity contribution in [2.24, 2.45) is 10.9 Å². The highest BCUT2D eigenvalue weighted by molar-refractivity contribution is 5.79. The molecule has 1 aromatic rings. The number of aliphatic hydroxyl groups excluding tert-OH is 1. The van der Waals surface area contributed by atoms with E-state index in [0.717, 1.165) is 5.56 Å². The average molecular weight is 223 g/mol. The Hall–Kier alpha value is -1.59. The molecule has 1 unspecified atom stereocenters. The first-order valence-electron chi connectivity index (χ1n) is 5.13. The molecule has 0 bridgehead atoms. The Bertz CT molecular complexity index is 327. The fraction of sp³-hybridized carbons (Fsp3) is 0.364. The molecule has 16 heavy (non-hydrogen) atoms. The Morgan fingerprint density at radius 1 is 1.38 bits per heavy atom. The molecule has 0 aliphatic carbocycles. The van der Waals surface area contributed by atoms with E-state index in [-0.39, 0.29) is 18.5 Å². The first-order chi connectivity index (χ1) is 7.77. The van der Waals surface area contributed by atoms with Crippen molar-refractivity contribution in [3.05, 3.63) is 35.9 Å². The standard InChI is InChI=1S/C11H17N3O2/c12-11(14-16)6-7-13-10(8-15)9-4-2-1-3-5-9/h1-5,10,13,15-16H,6-8H2,(H2,12,14). The van der Waals surface area contributed by atoms with Crippen LogP contribution in [-0.4, -0.2) is 29.3 Å². The summed E-state index contributed by atoms with van der Waals surface area (Å²) < 4.78 is 0. The molecular formula is C11H17N3O2. The van der Waals surface area contributed by atoms with E-state index in [4.69, 9.17) is 10.9 Å². The molecule has 0 fully saturated rings. The maximum Gasteiger partial charge on any atom is 0.140 e. The van der Waals surface area contributed by atoms with Gasteiger partial charge in [0.15, 0.2) is 0 Å². The zero-order valence-electron chi connectivity index (χ0n) is 9.00. The third-order valence-corrected chi connectivity index (χ3v) is 2.28. The van der Waals surface area contributed by atoms with E-state index in [0.29, 0.717) is 13.0 Å². The van der Waals surface area contributed by atoms with Crippen molar-refractivity contribution >= 4 is 5.84 Å². The van der Waals surface area contributed by atoms with Gasteiger partial charge >= 0.3 is 0 Å². The van der Waals surface area contributed by atoms with Gasteiger partial charge in [-0.05, 0) is 5.56 Å². The van der Waals surface area contributed by atoms with Gasteiger partial charge in [0.25, 0.3) is 0 Å². The summed E-state index contributed by atoms with van der Waals surface area (Å²) in [6, 6.07) is 9.53. The van der Waals surface area contributed by atoms with Crippen molar-refractivity contribution in [3.63, 3.8) is 0 Å². The van der Waals surface area contributed by atoms with Crippen molar-refractivity contribution in [2.75, 3.05) is 13.2 Å². The number of oxime groups is 1. The van der Waals surface area contributed by atoms with E-state index in [9.17, 15) is 5.11 Å². The SMILES string of the molecule is NC(CCNC(CO)c1ccccc1)=NO. The largest absolute Gasteiger partial charge is 0.409 e. The molecule has 0 saturated heterocycles. The van der Waals surface area contributed by atoms with Crippen molar-refractivity contribution in [3.8, 4) is 0 Å². The molecule has 0 aliphatic rings. The molecule has 0 aromatic heterocycles. The second-order valence-electron chi connectivity index (χ2n) is 3.44. The molecule has 0 spiro atoms. The summed E-state index contributed by atoms with van der Waals surface area (Å²) in [6.07, 6.45) is 0.444. The Kier molecular flexibility index (Phi) is 5.31. The minimum absolute atomic E-state index is 0.0141. The second-order valence-corrected chi connectivity index (χ2v) is 3.44. The lowest BCUT2D eigenvalue weighted by Gasteiger charge is -2.16. The molecule has 5 nitrogen and oxygen atoms in total. The number of aliphatic hydroxyl groups is 1. The van der Waals surface area contributed by atoms with Crippen LogP contribution in [0.5, 0.6) is 0 Å². The quantitative estimate of drug-likeness (QED) is 0.244. The minimum atomic E-state index is -0.118. The lowest BCUT2D eigenvalue weighted by Crippen LogP contribution is -2.28. The van der Waals surface area contributed by atoms with Gasteiger partial charge in [0.2, 0.25) is 0 Å². The van der Waals surface area contributed by atoms with E-state index < -0.39 is 0 Å². The molecule has 0 heterocycles. The maximum absolute atomic E-state index is 9.23. The third-order valence-electron chi connectivity index (χ3n) is 2.28. The summed E-state index contributed by atoms with van der Waals surface area (Å²) in [6.45, 7) is 0.566. The zero-order valence-corrected chi connectivity index (χ0v) is 9.00.